The molecule has 4 atom stereocenters. The van der Waals surface area contributed by atoms with Crippen molar-refractivity contribution in [3.05, 3.63) is 12.2 Å². The molecule has 1 saturated heterocycles. The molecule has 12 heavy (non-hydrogen) atoms. The fraction of sp³-hybridized carbons (Fsp3) is 0.800. The molecule has 0 aromatic rings. The first-order chi connectivity index (χ1) is 5.80. The smallest absolute Gasteiger partial charge is 0.158 e. The molecule has 1 N–H and O–H groups in total. The number of aliphatic hydroxyl groups is 1. The quantitative estimate of drug-likeness (QED) is 0.550. The van der Waals surface area contributed by atoms with Crippen molar-refractivity contribution in [2.75, 3.05) is 6.61 Å². The van der Waals surface area contributed by atoms with Gasteiger partial charge < -0.3 is 9.84 Å². The molecular formula is C10H14O2. The van der Waals surface area contributed by atoms with Crippen molar-refractivity contribution in [2.24, 2.45) is 17.3 Å². The third kappa shape index (κ3) is 0.723. The van der Waals surface area contributed by atoms with E-state index in [1.54, 1.807) is 0 Å². The van der Waals surface area contributed by atoms with Crippen LogP contribution in [0.2, 0.25) is 0 Å². The molecule has 4 aliphatic rings. The van der Waals surface area contributed by atoms with Gasteiger partial charge in [0.15, 0.2) is 6.29 Å². The van der Waals surface area contributed by atoms with Gasteiger partial charge in [-0.2, -0.15) is 0 Å². The molecule has 1 saturated carbocycles. The molecule has 0 aromatic heterocycles. The van der Waals surface area contributed by atoms with Crippen LogP contribution in [0.4, 0.5) is 0 Å². The first-order valence-electron chi connectivity index (χ1n) is 4.79. The third-order valence-corrected chi connectivity index (χ3v) is 3.84. The van der Waals surface area contributed by atoms with Crippen molar-refractivity contribution in [1.29, 1.82) is 0 Å². The first kappa shape index (κ1) is 7.10. The van der Waals surface area contributed by atoms with Gasteiger partial charge in [-0.15, -0.1) is 0 Å². The summed E-state index contributed by atoms with van der Waals surface area (Å²) in [5.74, 6) is 1.11. The molecule has 0 radical (unpaired) electrons. The lowest BCUT2D eigenvalue weighted by Gasteiger charge is -2.43. The zero-order valence-corrected chi connectivity index (χ0v) is 7.07. The lowest BCUT2D eigenvalue weighted by molar-refractivity contribution is -0.0875. The Hall–Kier alpha value is -0.340. The van der Waals surface area contributed by atoms with Crippen LogP contribution >= 0.6 is 0 Å². The average molecular weight is 166 g/mol. The predicted molar refractivity (Wildman–Crippen MR) is 44.4 cm³/mol. The maximum atomic E-state index is 9.59. The summed E-state index contributed by atoms with van der Waals surface area (Å²) >= 11 is 0. The number of hydrogen-bond acceptors (Lipinski definition) is 2. The maximum Gasteiger partial charge on any atom is 0.158 e. The van der Waals surface area contributed by atoms with Gasteiger partial charge in [-0.1, -0.05) is 12.2 Å². The summed E-state index contributed by atoms with van der Waals surface area (Å²) in [6, 6.07) is 0. The van der Waals surface area contributed by atoms with Crippen LogP contribution in [-0.4, -0.2) is 18.0 Å². The number of allylic oxidation sites excluding steroid dienone is 1. The van der Waals surface area contributed by atoms with E-state index in [0.717, 1.165) is 13.0 Å². The Morgan fingerprint density at radius 2 is 2.42 bits per heavy atom. The monoisotopic (exact) mass is 166 g/mol. The number of fused-ring (bicyclic) bond motifs is 1. The van der Waals surface area contributed by atoms with E-state index in [1.165, 1.54) is 12.8 Å². The van der Waals surface area contributed by atoms with Crippen molar-refractivity contribution < 1.29 is 9.84 Å². The summed E-state index contributed by atoms with van der Waals surface area (Å²) in [5, 5.41) is 9.59. The lowest BCUT2D eigenvalue weighted by Crippen LogP contribution is -2.39. The fourth-order valence-corrected chi connectivity index (χ4v) is 3.01. The number of rotatable bonds is 0. The Labute approximate surface area is 72.2 Å². The van der Waals surface area contributed by atoms with Crippen LogP contribution in [0.3, 0.4) is 0 Å². The Balaban J connectivity index is 2.02. The van der Waals surface area contributed by atoms with Crippen LogP contribution in [0.25, 0.3) is 0 Å². The number of ether oxygens (including phenoxy) is 1. The first-order valence-corrected chi connectivity index (χ1v) is 4.79. The summed E-state index contributed by atoms with van der Waals surface area (Å²) in [6.07, 6.45) is 7.78. The molecule has 1 heterocycles. The second-order valence-corrected chi connectivity index (χ2v) is 4.43. The van der Waals surface area contributed by atoms with Gasteiger partial charge in [0.2, 0.25) is 0 Å². The lowest BCUT2D eigenvalue weighted by atomic mass is 9.60. The fourth-order valence-electron chi connectivity index (χ4n) is 3.01. The van der Waals surface area contributed by atoms with Crippen LogP contribution in [0.5, 0.6) is 0 Å². The molecule has 3 aliphatic carbocycles. The van der Waals surface area contributed by atoms with Gasteiger partial charge in [-0.3, -0.25) is 0 Å². The van der Waals surface area contributed by atoms with E-state index in [9.17, 15) is 5.11 Å². The van der Waals surface area contributed by atoms with Gasteiger partial charge in [-0.05, 0) is 25.2 Å². The largest absolute Gasteiger partial charge is 0.368 e. The van der Waals surface area contributed by atoms with Crippen LogP contribution in [0.1, 0.15) is 19.3 Å². The van der Waals surface area contributed by atoms with Crippen molar-refractivity contribution in [1.82, 2.24) is 0 Å². The van der Waals surface area contributed by atoms with Crippen LogP contribution in [-0.2, 0) is 4.74 Å². The predicted octanol–water partition coefficient (Wildman–Crippen LogP) is 1.31. The van der Waals surface area contributed by atoms with Crippen LogP contribution < -0.4 is 0 Å². The Morgan fingerprint density at radius 3 is 3.08 bits per heavy atom. The van der Waals surface area contributed by atoms with Crippen molar-refractivity contribution >= 4 is 0 Å². The maximum absolute atomic E-state index is 9.59. The number of aliphatic hydroxyl groups excluding tert-OH is 1. The topological polar surface area (TPSA) is 29.5 Å². The van der Waals surface area contributed by atoms with Gasteiger partial charge in [0.05, 0.1) is 6.61 Å². The molecule has 4 rings (SSSR count). The second kappa shape index (κ2) is 2.12. The number of hydrogen-bond donors (Lipinski definition) is 1. The molecule has 2 heteroatoms. The zero-order valence-electron chi connectivity index (χ0n) is 7.07. The zero-order chi connectivity index (χ0) is 8.18. The van der Waals surface area contributed by atoms with Gasteiger partial charge in [-0.25, -0.2) is 0 Å². The molecule has 1 spiro atoms. The average Bonchev–Trinajstić information content (AvgIpc) is 2.46. The SMILES string of the molecule is OC1OCC23C=CC(CC2)CC13. The van der Waals surface area contributed by atoms with E-state index < -0.39 is 6.29 Å². The minimum atomic E-state index is -0.488. The van der Waals surface area contributed by atoms with E-state index in [4.69, 9.17) is 4.74 Å². The van der Waals surface area contributed by atoms with Gasteiger partial charge in [0.25, 0.3) is 0 Å². The molecular weight excluding hydrogens is 152 g/mol. The summed E-state index contributed by atoms with van der Waals surface area (Å²) in [6.45, 7) is 0.738. The van der Waals surface area contributed by atoms with Crippen LogP contribution in [0.15, 0.2) is 12.2 Å². The van der Waals surface area contributed by atoms with E-state index in [1.807, 2.05) is 0 Å². The Morgan fingerprint density at radius 1 is 1.50 bits per heavy atom. The molecule has 0 amide bonds. The summed E-state index contributed by atoms with van der Waals surface area (Å²) in [5.41, 5.74) is 0.216. The standard InChI is InChI=1S/C10H14O2/c11-9-8-5-7-1-3-10(8,4-2-7)6-12-9/h1,3,7-9,11H,2,4-6H2. The van der Waals surface area contributed by atoms with Crippen LogP contribution in [0, 0.1) is 17.3 Å². The van der Waals surface area contributed by atoms with E-state index >= 15 is 0 Å². The molecule has 0 aromatic carbocycles. The van der Waals surface area contributed by atoms with Crippen molar-refractivity contribution in [2.45, 2.75) is 25.6 Å². The Bertz CT molecular complexity index is 236. The highest BCUT2D eigenvalue weighted by Gasteiger charge is 2.52. The van der Waals surface area contributed by atoms with Crippen molar-refractivity contribution in [3.8, 4) is 0 Å². The van der Waals surface area contributed by atoms with Gasteiger partial charge >= 0.3 is 0 Å². The van der Waals surface area contributed by atoms with Gasteiger partial charge in [0, 0.05) is 11.3 Å². The summed E-state index contributed by atoms with van der Waals surface area (Å²) in [4.78, 5) is 0. The Kier molecular flexibility index (Phi) is 1.25. The van der Waals surface area contributed by atoms with E-state index in [-0.39, 0.29) is 5.41 Å². The highest BCUT2D eigenvalue weighted by atomic mass is 16.6. The molecule has 2 bridgehead atoms. The highest BCUT2D eigenvalue weighted by Crippen LogP contribution is 2.54. The van der Waals surface area contributed by atoms with E-state index in [2.05, 4.69) is 12.2 Å². The van der Waals surface area contributed by atoms with Crippen molar-refractivity contribution in [3.63, 3.8) is 0 Å². The molecule has 4 unspecified atom stereocenters. The highest BCUT2D eigenvalue weighted by molar-refractivity contribution is 5.16. The second-order valence-electron chi connectivity index (χ2n) is 4.43. The molecule has 1 aliphatic heterocycles. The minimum Gasteiger partial charge on any atom is -0.368 e. The van der Waals surface area contributed by atoms with E-state index in [0.29, 0.717) is 11.8 Å². The minimum absolute atomic E-state index is 0.216. The normalized spacial score (nSPS) is 55.9. The molecule has 66 valence electrons. The summed E-state index contributed by atoms with van der Waals surface area (Å²) < 4.78 is 5.33. The third-order valence-electron chi connectivity index (χ3n) is 3.84. The van der Waals surface area contributed by atoms with Gasteiger partial charge in [0.1, 0.15) is 0 Å². The molecule has 2 fully saturated rings. The molecule has 2 nitrogen and oxygen atoms in total. The summed E-state index contributed by atoms with van der Waals surface area (Å²) in [7, 11) is 0.